The molecule has 0 saturated carbocycles. The van der Waals surface area contributed by atoms with Crippen molar-refractivity contribution < 1.29 is 14.3 Å². The Labute approximate surface area is 204 Å². The molecule has 6 rings (SSSR count). The van der Waals surface area contributed by atoms with Gasteiger partial charge in [-0.15, -0.1) is 0 Å². The maximum atomic E-state index is 13.7. The van der Waals surface area contributed by atoms with Gasteiger partial charge < -0.3 is 24.3 Å². The zero-order chi connectivity index (χ0) is 23.9. The van der Waals surface area contributed by atoms with Crippen LogP contribution in [0.15, 0.2) is 72.8 Å². The van der Waals surface area contributed by atoms with E-state index in [0.717, 1.165) is 40.2 Å². The van der Waals surface area contributed by atoms with Crippen LogP contribution in [0.25, 0.3) is 17.0 Å². The van der Waals surface area contributed by atoms with E-state index in [2.05, 4.69) is 34.1 Å². The normalized spacial score (nSPS) is 16.6. The number of nitrogens with one attached hydrogen (secondary N) is 1. The van der Waals surface area contributed by atoms with Crippen molar-refractivity contribution in [3.8, 4) is 11.5 Å². The first-order valence-electron chi connectivity index (χ1n) is 11.8. The highest BCUT2D eigenvalue weighted by Gasteiger charge is 2.34. The Balaban J connectivity index is 1.41. The zero-order valence-corrected chi connectivity index (χ0v) is 19.8. The summed E-state index contributed by atoms with van der Waals surface area (Å²) in [5, 5.41) is 1.22. The van der Waals surface area contributed by atoms with Crippen molar-refractivity contribution in [2.45, 2.75) is 12.5 Å². The largest absolute Gasteiger partial charge is 0.454 e. The summed E-state index contributed by atoms with van der Waals surface area (Å²) in [4.78, 5) is 21.3. The molecule has 176 valence electrons. The second kappa shape index (κ2) is 8.55. The standard InChI is InChI=1S/C29H27N3O3/c1-31(2)24-10-6-3-7-19(24)12-14-27(33)32-16-15-22-21-8-4-5-9-23(21)30-28(22)29(32)20-11-13-25-26(17-20)35-18-34-25/h3-14,17,29-30H,15-16,18H2,1-2H3/b14-12+. The number of ether oxygens (including phenoxy) is 2. The van der Waals surface area contributed by atoms with Gasteiger partial charge in [0.05, 0.1) is 6.04 Å². The highest BCUT2D eigenvalue weighted by Crippen LogP contribution is 2.42. The van der Waals surface area contributed by atoms with Crippen LogP contribution < -0.4 is 14.4 Å². The summed E-state index contributed by atoms with van der Waals surface area (Å²) >= 11 is 0. The molecule has 3 heterocycles. The van der Waals surface area contributed by atoms with Crippen LogP contribution in [0.1, 0.15) is 28.4 Å². The topological polar surface area (TPSA) is 57.8 Å². The van der Waals surface area contributed by atoms with Gasteiger partial charge in [0.1, 0.15) is 0 Å². The Bertz CT molecular complexity index is 1450. The molecule has 1 amide bonds. The molecule has 2 aliphatic rings. The minimum atomic E-state index is -0.248. The molecule has 0 bridgehead atoms. The minimum Gasteiger partial charge on any atom is -0.454 e. The quantitative estimate of drug-likeness (QED) is 0.424. The number of carbonyl (C=O) groups excluding carboxylic acids is 1. The molecule has 35 heavy (non-hydrogen) atoms. The maximum Gasteiger partial charge on any atom is 0.247 e. The summed E-state index contributed by atoms with van der Waals surface area (Å²) in [6.07, 6.45) is 4.40. The lowest BCUT2D eigenvalue weighted by Crippen LogP contribution is -2.39. The number of benzene rings is 3. The second-order valence-electron chi connectivity index (χ2n) is 9.15. The van der Waals surface area contributed by atoms with Gasteiger partial charge in [0.25, 0.3) is 0 Å². The number of nitrogens with zero attached hydrogens (tertiary/aromatic N) is 2. The molecule has 2 aliphatic heterocycles. The molecule has 6 heteroatoms. The first-order chi connectivity index (χ1) is 17.1. The average Bonchev–Trinajstić information content (AvgIpc) is 3.50. The Hall–Kier alpha value is -4.19. The van der Waals surface area contributed by atoms with Crippen LogP contribution in [0.2, 0.25) is 0 Å². The van der Waals surface area contributed by atoms with Crippen LogP contribution in [0, 0.1) is 0 Å². The molecule has 0 aliphatic carbocycles. The molecular formula is C29H27N3O3. The van der Waals surface area contributed by atoms with Crippen LogP contribution in [0.4, 0.5) is 5.69 Å². The van der Waals surface area contributed by atoms with E-state index in [-0.39, 0.29) is 18.7 Å². The van der Waals surface area contributed by atoms with Crippen LogP contribution >= 0.6 is 0 Å². The van der Waals surface area contributed by atoms with Gasteiger partial charge in [0.2, 0.25) is 12.7 Å². The van der Waals surface area contributed by atoms with Crippen LogP contribution in [-0.2, 0) is 11.2 Å². The molecule has 4 aromatic rings. The third-order valence-corrected chi connectivity index (χ3v) is 6.85. The Morgan fingerprint density at radius 1 is 1.03 bits per heavy atom. The molecule has 1 N–H and O–H groups in total. The lowest BCUT2D eigenvalue weighted by Gasteiger charge is -2.35. The average molecular weight is 466 g/mol. The molecule has 0 fully saturated rings. The molecule has 3 aromatic carbocycles. The highest BCUT2D eigenvalue weighted by molar-refractivity contribution is 5.94. The molecule has 0 radical (unpaired) electrons. The summed E-state index contributed by atoms with van der Waals surface area (Å²) in [6.45, 7) is 0.851. The molecule has 0 spiro atoms. The van der Waals surface area contributed by atoms with Crippen LogP contribution in [0.5, 0.6) is 11.5 Å². The van der Waals surface area contributed by atoms with E-state index in [9.17, 15) is 4.79 Å². The number of rotatable bonds is 4. The van der Waals surface area contributed by atoms with Crippen molar-refractivity contribution in [1.29, 1.82) is 0 Å². The maximum absolute atomic E-state index is 13.7. The molecule has 6 nitrogen and oxygen atoms in total. The lowest BCUT2D eigenvalue weighted by molar-refractivity contribution is -0.128. The molecule has 1 aromatic heterocycles. The van der Waals surface area contributed by atoms with Crippen molar-refractivity contribution in [3.63, 3.8) is 0 Å². The van der Waals surface area contributed by atoms with Gasteiger partial charge in [-0.05, 0) is 53.5 Å². The third kappa shape index (κ3) is 3.71. The Morgan fingerprint density at radius 2 is 1.83 bits per heavy atom. The number of amides is 1. The summed E-state index contributed by atoms with van der Waals surface area (Å²) < 4.78 is 11.2. The van der Waals surface area contributed by atoms with Crippen molar-refractivity contribution in [2.75, 3.05) is 32.3 Å². The number of hydrogen-bond acceptors (Lipinski definition) is 4. The smallest absolute Gasteiger partial charge is 0.247 e. The number of hydrogen-bond donors (Lipinski definition) is 1. The zero-order valence-electron chi connectivity index (χ0n) is 19.8. The van der Waals surface area contributed by atoms with E-state index < -0.39 is 0 Å². The number of aromatic amines is 1. The van der Waals surface area contributed by atoms with Gasteiger partial charge in [0, 0.05) is 49.0 Å². The predicted molar refractivity (Wildman–Crippen MR) is 138 cm³/mol. The van der Waals surface area contributed by atoms with Gasteiger partial charge in [-0.2, -0.15) is 0 Å². The van der Waals surface area contributed by atoms with E-state index in [4.69, 9.17) is 9.47 Å². The summed E-state index contributed by atoms with van der Waals surface area (Å²) in [5.74, 6) is 1.43. The molecular weight excluding hydrogens is 438 g/mol. The number of aromatic nitrogens is 1. The van der Waals surface area contributed by atoms with Gasteiger partial charge in [0.15, 0.2) is 11.5 Å². The van der Waals surface area contributed by atoms with Crippen molar-refractivity contribution >= 4 is 28.6 Å². The van der Waals surface area contributed by atoms with E-state index in [1.807, 2.05) is 67.5 Å². The van der Waals surface area contributed by atoms with Gasteiger partial charge in [-0.3, -0.25) is 4.79 Å². The number of H-pyrrole nitrogens is 1. The molecule has 1 unspecified atom stereocenters. The lowest BCUT2D eigenvalue weighted by atomic mass is 9.92. The molecule has 0 saturated heterocycles. The number of para-hydroxylation sites is 2. The van der Waals surface area contributed by atoms with Gasteiger partial charge in [-0.25, -0.2) is 0 Å². The highest BCUT2D eigenvalue weighted by atomic mass is 16.7. The fourth-order valence-electron chi connectivity index (χ4n) is 5.20. The monoisotopic (exact) mass is 465 g/mol. The van der Waals surface area contributed by atoms with E-state index in [1.54, 1.807) is 6.08 Å². The summed E-state index contributed by atoms with van der Waals surface area (Å²) in [7, 11) is 4.01. The minimum absolute atomic E-state index is 0.0227. The fraction of sp³-hybridized carbons (Fsp3) is 0.207. The number of anilines is 1. The summed E-state index contributed by atoms with van der Waals surface area (Å²) in [6, 6.07) is 22.1. The van der Waals surface area contributed by atoms with Crippen molar-refractivity contribution in [2.24, 2.45) is 0 Å². The Kier molecular flexibility index (Phi) is 5.21. The number of carbonyl (C=O) groups is 1. The van der Waals surface area contributed by atoms with Crippen LogP contribution in [-0.4, -0.2) is 43.2 Å². The van der Waals surface area contributed by atoms with E-state index >= 15 is 0 Å². The Morgan fingerprint density at radius 3 is 2.71 bits per heavy atom. The molecule has 1 atom stereocenters. The van der Waals surface area contributed by atoms with Crippen molar-refractivity contribution in [3.05, 3.63) is 95.2 Å². The van der Waals surface area contributed by atoms with E-state index in [1.165, 1.54) is 10.9 Å². The fourth-order valence-corrected chi connectivity index (χ4v) is 5.20. The second-order valence-corrected chi connectivity index (χ2v) is 9.15. The number of fused-ring (bicyclic) bond motifs is 4. The third-order valence-electron chi connectivity index (χ3n) is 6.85. The first kappa shape index (κ1) is 21.4. The van der Waals surface area contributed by atoms with Crippen LogP contribution in [0.3, 0.4) is 0 Å². The van der Waals surface area contributed by atoms with Gasteiger partial charge in [-0.1, -0.05) is 42.5 Å². The van der Waals surface area contributed by atoms with Crippen molar-refractivity contribution in [1.82, 2.24) is 9.88 Å². The van der Waals surface area contributed by atoms with Gasteiger partial charge >= 0.3 is 0 Å². The SMILES string of the molecule is CN(C)c1ccccc1/C=C/C(=O)N1CCc2c([nH]c3ccccc23)C1c1ccc2c(c1)OCO2. The summed E-state index contributed by atoms with van der Waals surface area (Å²) in [5.41, 5.74) is 6.50. The van der Waals surface area contributed by atoms with E-state index in [0.29, 0.717) is 12.3 Å². The predicted octanol–water partition coefficient (Wildman–Crippen LogP) is 5.15. The first-order valence-corrected chi connectivity index (χ1v) is 11.8.